The van der Waals surface area contributed by atoms with Crippen molar-refractivity contribution in [3.8, 4) is 0 Å². The third-order valence-electron chi connectivity index (χ3n) is 4.89. The molecule has 0 amide bonds. The van der Waals surface area contributed by atoms with E-state index in [0.29, 0.717) is 12.8 Å². The molecule has 4 unspecified atom stereocenters. The molecule has 0 spiro atoms. The number of ketones is 1. The molecule has 108 valence electrons. The third kappa shape index (κ3) is 1.74. The van der Waals surface area contributed by atoms with Gasteiger partial charge in [-0.1, -0.05) is 13.8 Å². The van der Waals surface area contributed by atoms with Gasteiger partial charge in [-0.15, -0.1) is 0 Å². The zero-order valence-corrected chi connectivity index (χ0v) is 11.1. The molecule has 2 fully saturated rings. The van der Waals surface area contributed by atoms with Crippen LogP contribution in [-0.4, -0.2) is 52.5 Å². The Kier molecular flexibility index (Phi) is 3.45. The lowest BCUT2D eigenvalue weighted by molar-refractivity contribution is -0.168. The van der Waals surface area contributed by atoms with Crippen LogP contribution in [0.2, 0.25) is 0 Å². The second-order valence-corrected chi connectivity index (χ2v) is 6.02. The summed E-state index contributed by atoms with van der Waals surface area (Å²) in [6.07, 6.45) is -1.28. The van der Waals surface area contributed by atoms with Crippen LogP contribution in [0.4, 0.5) is 0 Å². The average molecular weight is 272 g/mol. The predicted octanol–water partition coefficient (Wildman–Crippen LogP) is -0.751. The fourth-order valence-electron chi connectivity index (χ4n) is 3.61. The van der Waals surface area contributed by atoms with Crippen molar-refractivity contribution in [1.29, 1.82) is 0 Å². The monoisotopic (exact) mass is 272 g/mol. The number of fused-ring (bicyclic) bond motifs is 2. The zero-order chi connectivity index (χ0) is 14.4. The summed E-state index contributed by atoms with van der Waals surface area (Å²) in [5.41, 5.74) is -1.96. The molecule has 4 atom stereocenters. The lowest BCUT2D eigenvalue weighted by Crippen LogP contribution is -2.46. The van der Waals surface area contributed by atoms with Crippen LogP contribution in [-0.2, 0) is 14.3 Å². The summed E-state index contributed by atoms with van der Waals surface area (Å²) >= 11 is 0. The summed E-state index contributed by atoms with van der Waals surface area (Å²) in [7, 11) is 0. The van der Waals surface area contributed by atoms with E-state index in [1.54, 1.807) is 13.8 Å². The molecule has 0 aromatic heterocycles. The number of aliphatic hydroxyl groups excluding tert-OH is 3. The molecular formula is C13H20O6. The van der Waals surface area contributed by atoms with E-state index in [2.05, 4.69) is 0 Å². The SMILES string of the molecule is CC1(C)C2CCC1(C(=O)OCC(O)CO)C(=O)C2O. The van der Waals surface area contributed by atoms with E-state index in [-0.39, 0.29) is 12.5 Å². The van der Waals surface area contributed by atoms with Crippen molar-refractivity contribution in [2.45, 2.75) is 38.9 Å². The van der Waals surface area contributed by atoms with Gasteiger partial charge in [0.2, 0.25) is 0 Å². The van der Waals surface area contributed by atoms with E-state index in [1.165, 1.54) is 0 Å². The molecule has 2 rings (SSSR count). The lowest BCUT2D eigenvalue weighted by Gasteiger charge is -2.33. The summed E-state index contributed by atoms with van der Waals surface area (Å²) in [6.45, 7) is 2.73. The van der Waals surface area contributed by atoms with Gasteiger partial charge in [0.05, 0.1) is 6.61 Å². The highest BCUT2D eigenvalue weighted by molar-refractivity contribution is 6.09. The van der Waals surface area contributed by atoms with Gasteiger partial charge in [-0.2, -0.15) is 0 Å². The van der Waals surface area contributed by atoms with Crippen molar-refractivity contribution < 1.29 is 29.6 Å². The maximum absolute atomic E-state index is 12.3. The van der Waals surface area contributed by atoms with Gasteiger partial charge in [-0.25, -0.2) is 0 Å². The van der Waals surface area contributed by atoms with Crippen molar-refractivity contribution in [2.24, 2.45) is 16.7 Å². The summed E-state index contributed by atoms with van der Waals surface area (Å²) in [5.74, 6) is -1.40. The molecule has 0 saturated heterocycles. The summed E-state index contributed by atoms with van der Waals surface area (Å²) in [4.78, 5) is 24.5. The third-order valence-corrected chi connectivity index (χ3v) is 4.89. The first kappa shape index (κ1) is 14.4. The highest BCUT2D eigenvalue weighted by Crippen LogP contribution is 2.64. The van der Waals surface area contributed by atoms with Crippen molar-refractivity contribution >= 4 is 11.8 Å². The molecule has 19 heavy (non-hydrogen) atoms. The molecule has 2 bridgehead atoms. The Morgan fingerprint density at radius 1 is 1.53 bits per heavy atom. The first-order valence-corrected chi connectivity index (χ1v) is 6.47. The fourth-order valence-corrected chi connectivity index (χ4v) is 3.61. The van der Waals surface area contributed by atoms with Crippen LogP contribution in [0.25, 0.3) is 0 Å². The summed E-state index contributed by atoms with van der Waals surface area (Å²) < 4.78 is 4.97. The maximum atomic E-state index is 12.3. The van der Waals surface area contributed by atoms with Crippen LogP contribution in [0, 0.1) is 16.7 Å². The molecule has 0 aromatic carbocycles. The number of carbonyl (C=O) groups is 2. The van der Waals surface area contributed by atoms with Gasteiger partial charge in [0.1, 0.15) is 24.2 Å². The van der Waals surface area contributed by atoms with Gasteiger partial charge >= 0.3 is 5.97 Å². The number of aliphatic hydroxyl groups is 3. The van der Waals surface area contributed by atoms with Gasteiger partial charge in [-0.05, 0) is 24.2 Å². The van der Waals surface area contributed by atoms with Crippen molar-refractivity contribution in [1.82, 2.24) is 0 Å². The van der Waals surface area contributed by atoms with Crippen molar-refractivity contribution in [3.63, 3.8) is 0 Å². The Labute approximate surface area is 111 Å². The number of ether oxygens (including phenoxy) is 1. The van der Waals surface area contributed by atoms with E-state index >= 15 is 0 Å². The smallest absolute Gasteiger partial charge is 0.320 e. The van der Waals surface area contributed by atoms with Crippen LogP contribution in [0.15, 0.2) is 0 Å². The fraction of sp³-hybridized carbons (Fsp3) is 0.846. The maximum Gasteiger partial charge on any atom is 0.320 e. The largest absolute Gasteiger partial charge is 0.462 e. The molecule has 3 N–H and O–H groups in total. The number of esters is 1. The molecule has 2 aliphatic carbocycles. The molecule has 0 aromatic rings. The van der Waals surface area contributed by atoms with E-state index in [1.807, 2.05) is 0 Å². The first-order valence-electron chi connectivity index (χ1n) is 6.47. The minimum atomic E-state index is -1.31. The van der Waals surface area contributed by atoms with Gasteiger partial charge in [-0.3, -0.25) is 9.59 Å². The molecule has 6 heteroatoms. The molecule has 0 aliphatic heterocycles. The molecule has 2 aliphatic rings. The van der Waals surface area contributed by atoms with Crippen LogP contribution in [0.5, 0.6) is 0 Å². The van der Waals surface area contributed by atoms with E-state index in [0.717, 1.165) is 0 Å². The van der Waals surface area contributed by atoms with Crippen LogP contribution < -0.4 is 0 Å². The number of Topliss-reactive ketones (excluding diaryl/α,β-unsaturated/α-hetero) is 1. The molecule has 2 saturated carbocycles. The van der Waals surface area contributed by atoms with Gasteiger partial charge < -0.3 is 20.1 Å². The van der Waals surface area contributed by atoms with Gasteiger partial charge in [0.25, 0.3) is 0 Å². The number of carbonyl (C=O) groups excluding carboxylic acids is 2. The van der Waals surface area contributed by atoms with Crippen LogP contribution >= 0.6 is 0 Å². The molecule has 0 heterocycles. The highest BCUT2D eigenvalue weighted by atomic mass is 16.5. The van der Waals surface area contributed by atoms with Crippen molar-refractivity contribution in [3.05, 3.63) is 0 Å². The van der Waals surface area contributed by atoms with Crippen LogP contribution in [0.3, 0.4) is 0 Å². The topological polar surface area (TPSA) is 104 Å². The second-order valence-electron chi connectivity index (χ2n) is 6.02. The number of hydrogen-bond donors (Lipinski definition) is 3. The molecular weight excluding hydrogens is 252 g/mol. The Morgan fingerprint density at radius 2 is 2.16 bits per heavy atom. The molecule has 6 nitrogen and oxygen atoms in total. The average Bonchev–Trinajstić information content (AvgIpc) is 2.72. The minimum absolute atomic E-state index is 0.227. The van der Waals surface area contributed by atoms with E-state index < -0.39 is 41.4 Å². The number of hydrogen-bond acceptors (Lipinski definition) is 6. The summed E-state index contributed by atoms with van der Waals surface area (Å²) in [5, 5.41) is 27.8. The second kappa shape index (κ2) is 4.54. The Balaban J connectivity index is 2.21. The normalized spacial score (nSPS) is 37.4. The van der Waals surface area contributed by atoms with Gasteiger partial charge in [0, 0.05) is 0 Å². The predicted molar refractivity (Wildman–Crippen MR) is 64.0 cm³/mol. The number of rotatable bonds is 4. The minimum Gasteiger partial charge on any atom is -0.462 e. The zero-order valence-electron chi connectivity index (χ0n) is 11.1. The van der Waals surface area contributed by atoms with E-state index in [9.17, 15) is 19.8 Å². The first-order chi connectivity index (χ1) is 8.79. The summed E-state index contributed by atoms with van der Waals surface area (Å²) in [6, 6.07) is 0. The lowest BCUT2D eigenvalue weighted by atomic mass is 9.69. The standard InChI is InChI=1S/C13H20O6/c1-12(2)8-3-4-13(12,10(17)9(8)16)11(18)19-6-7(15)5-14/h7-9,14-16H,3-6H2,1-2H3. The Morgan fingerprint density at radius 3 is 2.63 bits per heavy atom. The Bertz CT molecular complexity index is 404. The van der Waals surface area contributed by atoms with E-state index in [4.69, 9.17) is 9.84 Å². The van der Waals surface area contributed by atoms with Crippen molar-refractivity contribution in [2.75, 3.05) is 13.2 Å². The quantitative estimate of drug-likeness (QED) is 0.459. The van der Waals surface area contributed by atoms with Crippen LogP contribution in [0.1, 0.15) is 26.7 Å². The molecule has 0 radical (unpaired) electrons. The Hall–Kier alpha value is -0.980. The van der Waals surface area contributed by atoms with Gasteiger partial charge in [0.15, 0.2) is 5.78 Å². The highest BCUT2D eigenvalue weighted by Gasteiger charge is 2.73.